The van der Waals surface area contributed by atoms with Crippen LogP contribution in [0.1, 0.15) is 16.9 Å². The Bertz CT molecular complexity index is 371. The number of rotatable bonds is 4. The maximum atomic E-state index is 10.7. The molecular weight excluding hydrogens is 182 g/mol. The molecule has 0 radical (unpaired) electrons. The Morgan fingerprint density at radius 1 is 1.57 bits per heavy atom. The number of anilines is 1. The van der Waals surface area contributed by atoms with Crippen molar-refractivity contribution in [3.63, 3.8) is 0 Å². The SMILES string of the molecule is C#CCCNc1nccnc1C(=O)O. The zero-order valence-electron chi connectivity index (χ0n) is 7.40. The van der Waals surface area contributed by atoms with E-state index in [1.54, 1.807) is 0 Å². The van der Waals surface area contributed by atoms with Crippen LogP contribution in [0.25, 0.3) is 0 Å². The number of hydrogen-bond acceptors (Lipinski definition) is 4. The molecule has 1 aromatic rings. The topological polar surface area (TPSA) is 75.1 Å². The van der Waals surface area contributed by atoms with Crippen molar-refractivity contribution in [3.8, 4) is 12.3 Å². The molecule has 0 aliphatic heterocycles. The number of aromatic nitrogens is 2. The van der Waals surface area contributed by atoms with Gasteiger partial charge in [-0.15, -0.1) is 12.3 Å². The predicted octanol–water partition coefficient (Wildman–Crippen LogP) is 0.610. The molecule has 0 aromatic carbocycles. The van der Waals surface area contributed by atoms with Crippen molar-refractivity contribution >= 4 is 11.8 Å². The summed E-state index contributed by atoms with van der Waals surface area (Å²) in [6.45, 7) is 0.482. The fourth-order valence-electron chi connectivity index (χ4n) is 0.877. The average Bonchev–Trinajstić information content (AvgIpc) is 2.19. The zero-order valence-corrected chi connectivity index (χ0v) is 7.40. The third-order valence-electron chi connectivity index (χ3n) is 1.46. The number of terminal acetylenes is 1. The first kappa shape index (κ1) is 9.99. The van der Waals surface area contributed by atoms with E-state index in [-0.39, 0.29) is 11.5 Å². The second kappa shape index (κ2) is 4.82. The summed E-state index contributed by atoms with van der Waals surface area (Å²) in [6.07, 6.45) is 8.31. The highest BCUT2D eigenvalue weighted by molar-refractivity contribution is 5.90. The van der Waals surface area contributed by atoms with Crippen molar-refractivity contribution in [1.82, 2.24) is 9.97 Å². The standard InChI is InChI=1S/C9H9N3O2/c1-2-3-4-11-8-7(9(13)14)10-5-6-12-8/h1,5-6H,3-4H2,(H,11,12)(H,13,14). The Kier molecular flexibility index (Phi) is 3.44. The smallest absolute Gasteiger partial charge is 0.358 e. The molecule has 1 rings (SSSR count). The van der Waals surface area contributed by atoms with E-state index in [0.717, 1.165) is 0 Å². The lowest BCUT2D eigenvalue weighted by atomic mass is 10.4. The van der Waals surface area contributed by atoms with E-state index >= 15 is 0 Å². The van der Waals surface area contributed by atoms with E-state index in [1.807, 2.05) is 0 Å². The van der Waals surface area contributed by atoms with Gasteiger partial charge < -0.3 is 10.4 Å². The summed E-state index contributed by atoms with van der Waals surface area (Å²) < 4.78 is 0. The van der Waals surface area contributed by atoms with Crippen molar-refractivity contribution < 1.29 is 9.90 Å². The molecule has 5 heteroatoms. The van der Waals surface area contributed by atoms with Gasteiger partial charge in [0.1, 0.15) is 0 Å². The van der Waals surface area contributed by atoms with Crippen LogP contribution in [-0.2, 0) is 0 Å². The molecular formula is C9H9N3O2. The molecule has 0 fully saturated rings. The summed E-state index contributed by atoms with van der Waals surface area (Å²) >= 11 is 0. The van der Waals surface area contributed by atoms with Crippen LogP contribution in [0.4, 0.5) is 5.82 Å². The van der Waals surface area contributed by atoms with E-state index in [4.69, 9.17) is 11.5 Å². The molecule has 0 saturated heterocycles. The number of aromatic carboxylic acids is 1. The van der Waals surface area contributed by atoms with Gasteiger partial charge in [0, 0.05) is 25.4 Å². The number of carboxylic acids is 1. The minimum atomic E-state index is -1.11. The van der Waals surface area contributed by atoms with Crippen LogP contribution in [0.5, 0.6) is 0 Å². The second-order valence-corrected chi connectivity index (χ2v) is 2.44. The highest BCUT2D eigenvalue weighted by Gasteiger charge is 2.11. The van der Waals surface area contributed by atoms with E-state index in [2.05, 4.69) is 21.2 Å². The van der Waals surface area contributed by atoms with Crippen LogP contribution >= 0.6 is 0 Å². The predicted molar refractivity (Wildman–Crippen MR) is 50.9 cm³/mol. The van der Waals surface area contributed by atoms with Gasteiger partial charge in [0.25, 0.3) is 0 Å². The first-order valence-electron chi connectivity index (χ1n) is 3.97. The van der Waals surface area contributed by atoms with Gasteiger partial charge in [0.05, 0.1) is 0 Å². The molecule has 0 atom stereocenters. The second-order valence-electron chi connectivity index (χ2n) is 2.44. The van der Waals surface area contributed by atoms with Crippen LogP contribution in [0.15, 0.2) is 12.4 Å². The minimum absolute atomic E-state index is 0.0930. The van der Waals surface area contributed by atoms with Crippen molar-refractivity contribution in [2.45, 2.75) is 6.42 Å². The van der Waals surface area contributed by atoms with E-state index in [0.29, 0.717) is 13.0 Å². The van der Waals surface area contributed by atoms with Gasteiger partial charge in [-0.1, -0.05) is 0 Å². The molecule has 2 N–H and O–H groups in total. The summed E-state index contributed by atoms with van der Waals surface area (Å²) in [4.78, 5) is 18.2. The molecule has 0 spiro atoms. The monoisotopic (exact) mass is 191 g/mol. The quantitative estimate of drug-likeness (QED) is 0.538. The van der Waals surface area contributed by atoms with E-state index in [1.165, 1.54) is 12.4 Å². The van der Waals surface area contributed by atoms with E-state index in [9.17, 15) is 4.79 Å². The molecule has 72 valence electrons. The third kappa shape index (κ3) is 2.45. The summed E-state index contributed by atoms with van der Waals surface area (Å²) in [5.41, 5.74) is -0.0930. The Hall–Kier alpha value is -2.09. The van der Waals surface area contributed by atoms with Gasteiger partial charge in [-0.05, 0) is 0 Å². The summed E-state index contributed by atoms with van der Waals surface area (Å²) in [7, 11) is 0. The van der Waals surface area contributed by atoms with Crippen molar-refractivity contribution in [3.05, 3.63) is 18.1 Å². The molecule has 5 nitrogen and oxygen atoms in total. The Labute approximate surface area is 81.2 Å². The summed E-state index contributed by atoms with van der Waals surface area (Å²) in [5.74, 6) is 1.56. The van der Waals surface area contributed by atoms with Crippen molar-refractivity contribution in [2.75, 3.05) is 11.9 Å². The molecule has 0 aliphatic carbocycles. The van der Waals surface area contributed by atoms with E-state index < -0.39 is 5.97 Å². The van der Waals surface area contributed by atoms with Gasteiger partial charge in [-0.3, -0.25) is 0 Å². The van der Waals surface area contributed by atoms with Gasteiger partial charge >= 0.3 is 5.97 Å². The summed E-state index contributed by atoms with van der Waals surface area (Å²) in [6, 6.07) is 0. The maximum Gasteiger partial charge on any atom is 0.358 e. The Morgan fingerprint density at radius 2 is 2.29 bits per heavy atom. The number of nitrogens with one attached hydrogen (secondary N) is 1. The van der Waals surface area contributed by atoms with Crippen LogP contribution in [0.2, 0.25) is 0 Å². The lowest BCUT2D eigenvalue weighted by Crippen LogP contribution is -2.10. The highest BCUT2D eigenvalue weighted by atomic mass is 16.4. The van der Waals surface area contributed by atoms with Crippen molar-refractivity contribution in [2.24, 2.45) is 0 Å². The fourth-order valence-corrected chi connectivity index (χ4v) is 0.877. The van der Waals surface area contributed by atoms with Crippen LogP contribution in [-0.4, -0.2) is 27.6 Å². The highest BCUT2D eigenvalue weighted by Crippen LogP contribution is 2.07. The largest absolute Gasteiger partial charge is 0.476 e. The average molecular weight is 191 g/mol. The molecule has 1 heterocycles. The van der Waals surface area contributed by atoms with Gasteiger partial charge in [0.2, 0.25) is 0 Å². The van der Waals surface area contributed by atoms with Gasteiger partial charge in [-0.2, -0.15) is 0 Å². The first-order valence-corrected chi connectivity index (χ1v) is 3.97. The third-order valence-corrected chi connectivity index (χ3v) is 1.46. The zero-order chi connectivity index (χ0) is 10.4. The van der Waals surface area contributed by atoms with Crippen LogP contribution < -0.4 is 5.32 Å². The minimum Gasteiger partial charge on any atom is -0.476 e. The molecule has 0 unspecified atom stereocenters. The van der Waals surface area contributed by atoms with Gasteiger partial charge in [0.15, 0.2) is 11.5 Å². The van der Waals surface area contributed by atoms with Crippen LogP contribution in [0.3, 0.4) is 0 Å². The van der Waals surface area contributed by atoms with Crippen LogP contribution in [0, 0.1) is 12.3 Å². The number of carbonyl (C=O) groups is 1. The number of nitrogens with zero attached hydrogens (tertiary/aromatic N) is 2. The molecule has 0 bridgehead atoms. The fraction of sp³-hybridized carbons (Fsp3) is 0.222. The first-order chi connectivity index (χ1) is 6.75. The molecule has 0 amide bonds. The Morgan fingerprint density at radius 3 is 2.93 bits per heavy atom. The normalized spacial score (nSPS) is 9.07. The number of hydrogen-bond donors (Lipinski definition) is 2. The lowest BCUT2D eigenvalue weighted by Gasteiger charge is -2.04. The number of carboxylic acid groups (broad SMARTS) is 1. The summed E-state index contributed by atoms with van der Waals surface area (Å²) in [5, 5.41) is 11.5. The molecule has 0 saturated carbocycles. The maximum absolute atomic E-state index is 10.7. The lowest BCUT2D eigenvalue weighted by molar-refractivity contribution is 0.0691. The van der Waals surface area contributed by atoms with Crippen molar-refractivity contribution in [1.29, 1.82) is 0 Å². The molecule has 1 aromatic heterocycles. The Balaban J connectivity index is 2.75. The van der Waals surface area contributed by atoms with Gasteiger partial charge in [-0.25, -0.2) is 14.8 Å². The molecule has 0 aliphatic rings. The molecule has 14 heavy (non-hydrogen) atoms.